The van der Waals surface area contributed by atoms with Crippen molar-refractivity contribution >= 4 is 41.3 Å². The van der Waals surface area contributed by atoms with Gasteiger partial charge in [-0.1, -0.05) is 54.2 Å². The summed E-state index contributed by atoms with van der Waals surface area (Å²) in [7, 11) is 0. The maximum absolute atomic E-state index is 13.1. The lowest BCUT2D eigenvalue weighted by Crippen LogP contribution is -2.70. The summed E-state index contributed by atoms with van der Waals surface area (Å²) < 4.78 is 1.73. The average molecular weight is 536 g/mol. The number of nitrogens with two attached hydrogens (primary N) is 1. The van der Waals surface area contributed by atoms with E-state index in [2.05, 4.69) is 10.4 Å². The molecule has 2 aromatic carbocycles. The molecule has 37 heavy (non-hydrogen) atoms. The largest absolute Gasteiger partial charge is 0.477 e. The Bertz CT molecular complexity index is 1370. The number of carbonyl (C=O) groups excluding carboxylic acids is 2. The quantitative estimate of drug-likeness (QED) is 0.356. The van der Waals surface area contributed by atoms with Crippen LogP contribution in [0.2, 0.25) is 0 Å². The molecule has 0 radical (unpaired) electrons. The van der Waals surface area contributed by atoms with E-state index < -0.39 is 23.3 Å². The van der Waals surface area contributed by atoms with Gasteiger partial charge in [-0.2, -0.15) is 5.10 Å². The van der Waals surface area contributed by atoms with Crippen LogP contribution >= 0.6 is 23.5 Å². The number of nitrogens with one attached hydrogen (secondary N) is 1. The third kappa shape index (κ3) is 5.02. The van der Waals surface area contributed by atoms with E-state index >= 15 is 0 Å². The van der Waals surface area contributed by atoms with Crippen LogP contribution in [-0.4, -0.2) is 61.3 Å². The molecular formula is C26H25N5O4S2. The monoisotopic (exact) mass is 535 g/mol. The lowest BCUT2D eigenvalue weighted by atomic mass is 10.0. The first-order valence-corrected chi connectivity index (χ1v) is 13.6. The zero-order valence-corrected chi connectivity index (χ0v) is 21.4. The van der Waals surface area contributed by atoms with Gasteiger partial charge in [0.2, 0.25) is 5.91 Å². The van der Waals surface area contributed by atoms with Gasteiger partial charge < -0.3 is 16.2 Å². The molecule has 0 spiro atoms. The van der Waals surface area contributed by atoms with E-state index in [9.17, 15) is 19.5 Å². The molecule has 4 N–H and O–H groups in total. The molecule has 190 valence electrons. The molecule has 1 saturated heterocycles. The Morgan fingerprint density at radius 3 is 2.57 bits per heavy atom. The topological polar surface area (TPSA) is 131 Å². The summed E-state index contributed by atoms with van der Waals surface area (Å²) in [5.74, 6) is -1.48. The van der Waals surface area contributed by atoms with E-state index in [1.54, 1.807) is 10.9 Å². The Labute approximate surface area is 222 Å². The summed E-state index contributed by atoms with van der Waals surface area (Å²) in [6.07, 6.45) is 2.44. The van der Waals surface area contributed by atoms with Crippen LogP contribution in [0.25, 0.3) is 5.69 Å². The summed E-state index contributed by atoms with van der Waals surface area (Å²) in [6, 6.07) is 18.2. The molecule has 0 aliphatic carbocycles. The Balaban J connectivity index is 1.31. The van der Waals surface area contributed by atoms with Gasteiger partial charge in [0.15, 0.2) is 0 Å². The summed E-state index contributed by atoms with van der Waals surface area (Å²) in [6.45, 7) is 0.476. The van der Waals surface area contributed by atoms with Gasteiger partial charge in [-0.15, -0.1) is 11.8 Å². The van der Waals surface area contributed by atoms with Crippen LogP contribution in [0, 0.1) is 0 Å². The van der Waals surface area contributed by atoms with Crippen molar-refractivity contribution < 1.29 is 19.5 Å². The van der Waals surface area contributed by atoms with Crippen LogP contribution in [0.15, 0.2) is 82.5 Å². The highest BCUT2D eigenvalue weighted by Crippen LogP contribution is 2.45. The normalized spacial score (nSPS) is 18.8. The maximum atomic E-state index is 13.1. The second-order valence-electron chi connectivity index (χ2n) is 8.53. The second-order valence-corrected chi connectivity index (χ2v) is 10.8. The smallest absolute Gasteiger partial charge is 0.353 e. The van der Waals surface area contributed by atoms with Crippen molar-refractivity contribution in [2.75, 3.05) is 12.3 Å². The number of aliphatic carboxylic acids is 1. The van der Waals surface area contributed by atoms with E-state index in [4.69, 9.17) is 5.73 Å². The Morgan fingerprint density at radius 1 is 1.11 bits per heavy atom. The first-order valence-electron chi connectivity index (χ1n) is 11.7. The number of rotatable bonds is 9. The average Bonchev–Trinajstić information content (AvgIpc) is 3.37. The lowest BCUT2D eigenvalue weighted by Gasteiger charge is -2.49. The van der Waals surface area contributed by atoms with E-state index in [1.807, 2.05) is 60.7 Å². The molecule has 5 rings (SSSR count). The molecule has 0 saturated carbocycles. The first-order chi connectivity index (χ1) is 18.0. The number of nitrogens with zero attached hydrogens (tertiary/aromatic N) is 3. The molecule has 0 unspecified atom stereocenters. The van der Waals surface area contributed by atoms with Crippen LogP contribution in [0.3, 0.4) is 0 Å². The molecule has 2 aliphatic heterocycles. The molecule has 0 bridgehead atoms. The number of hydrogen-bond donors (Lipinski definition) is 3. The molecule has 2 amide bonds. The van der Waals surface area contributed by atoms with E-state index in [-0.39, 0.29) is 18.0 Å². The maximum Gasteiger partial charge on any atom is 0.353 e. The number of carbonyl (C=O) groups is 3. The van der Waals surface area contributed by atoms with Crippen LogP contribution < -0.4 is 11.1 Å². The van der Waals surface area contributed by atoms with Crippen molar-refractivity contribution in [3.8, 4) is 5.69 Å². The van der Waals surface area contributed by atoms with Gasteiger partial charge in [0.05, 0.1) is 18.3 Å². The summed E-state index contributed by atoms with van der Waals surface area (Å²) in [5, 5.41) is 17.5. The van der Waals surface area contributed by atoms with Crippen LogP contribution in [0.5, 0.6) is 0 Å². The molecule has 9 nitrogen and oxygen atoms in total. The SMILES string of the molecule is NCCc1ccccc1CC(=O)N[C@@H]1C(=O)N2C(C(=O)O)=C(Sc3ccnn3-c3ccccc3)CS[C@H]12. The van der Waals surface area contributed by atoms with Gasteiger partial charge in [-0.25, -0.2) is 9.48 Å². The molecule has 11 heteroatoms. The Morgan fingerprint density at radius 2 is 1.84 bits per heavy atom. The van der Waals surface area contributed by atoms with Crippen molar-refractivity contribution in [1.29, 1.82) is 0 Å². The van der Waals surface area contributed by atoms with Crippen LogP contribution in [0.1, 0.15) is 11.1 Å². The minimum absolute atomic E-state index is 0.0432. The van der Waals surface area contributed by atoms with Crippen molar-refractivity contribution in [2.24, 2.45) is 5.73 Å². The molecular weight excluding hydrogens is 510 g/mol. The lowest BCUT2D eigenvalue weighted by molar-refractivity contribution is -0.150. The number of carboxylic acids is 1. The molecule has 3 heterocycles. The van der Waals surface area contributed by atoms with Crippen LogP contribution in [-0.2, 0) is 27.2 Å². The zero-order valence-electron chi connectivity index (χ0n) is 19.7. The molecule has 1 fully saturated rings. The Kier molecular flexibility index (Phi) is 7.36. The third-order valence-electron chi connectivity index (χ3n) is 6.17. The third-order valence-corrected chi connectivity index (χ3v) is 8.74. The van der Waals surface area contributed by atoms with E-state index in [0.29, 0.717) is 23.6 Å². The molecule has 2 aliphatic rings. The number of benzene rings is 2. The zero-order chi connectivity index (χ0) is 25.9. The number of fused-ring (bicyclic) bond motifs is 1. The van der Waals surface area contributed by atoms with Gasteiger partial charge in [0.1, 0.15) is 22.1 Å². The molecule has 1 aromatic heterocycles. The minimum atomic E-state index is -1.17. The number of β-lactam (4-membered cyclic amide) rings is 1. The van der Waals surface area contributed by atoms with Gasteiger partial charge in [0.25, 0.3) is 5.91 Å². The molecule has 2 atom stereocenters. The number of amides is 2. The van der Waals surface area contributed by atoms with Crippen molar-refractivity contribution in [2.45, 2.75) is 29.3 Å². The summed E-state index contributed by atoms with van der Waals surface area (Å²) in [5.41, 5.74) is 8.36. The highest BCUT2D eigenvalue weighted by Gasteiger charge is 2.54. The Hall–Kier alpha value is -3.54. The van der Waals surface area contributed by atoms with Crippen molar-refractivity contribution in [1.82, 2.24) is 20.0 Å². The van der Waals surface area contributed by atoms with Crippen LogP contribution in [0.4, 0.5) is 0 Å². The predicted molar refractivity (Wildman–Crippen MR) is 142 cm³/mol. The number of thioether (sulfide) groups is 2. The summed E-state index contributed by atoms with van der Waals surface area (Å²) in [4.78, 5) is 40.0. The van der Waals surface area contributed by atoms with Gasteiger partial charge >= 0.3 is 5.97 Å². The molecule has 3 aromatic rings. The van der Waals surface area contributed by atoms with Crippen molar-refractivity contribution in [3.63, 3.8) is 0 Å². The van der Waals surface area contributed by atoms with Gasteiger partial charge in [-0.3, -0.25) is 14.5 Å². The fourth-order valence-corrected chi connectivity index (χ4v) is 6.99. The predicted octanol–water partition coefficient (Wildman–Crippen LogP) is 2.40. The summed E-state index contributed by atoms with van der Waals surface area (Å²) >= 11 is 2.72. The van der Waals surface area contributed by atoms with E-state index in [1.165, 1.54) is 28.4 Å². The first kappa shape index (κ1) is 25.1. The number of aromatic nitrogens is 2. The number of para-hydroxylation sites is 1. The highest BCUT2D eigenvalue weighted by atomic mass is 32.2. The fourth-order valence-electron chi connectivity index (χ4n) is 4.45. The standard InChI is InChI=1S/C26H25N5O4S2/c27-12-10-16-6-4-5-7-17(16)14-20(32)29-22-24(33)30-23(26(34)35)19(15-36-25(22)30)37-21-11-13-28-31(21)18-8-2-1-3-9-18/h1-9,11,13,22,25H,10,12,14-15,27H2,(H,29,32)(H,34,35)/t22-,25-/m1/s1. The highest BCUT2D eigenvalue weighted by molar-refractivity contribution is 8.06. The minimum Gasteiger partial charge on any atom is -0.477 e. The second kappa shape index (κ2) is 10.8. The van der Waals surface area contributed by atoms with Gasteiger partial charge in [-0.05, 0) is 42.3 Å². The number of carboxylic acid groups (broad SMARTS) is 1. The van der Waals surface area contributed by atoms with Crippen molar-refractivity contribution in [3.05, 3.63) is 88.6 Å². The van der Waals surface area contributed by atoms with Gasteiger partial charge in [0, 0.05) is 10.7 Å². The van der Waals surface area contributed by atoms with E-state index in [0.717, 1.165) is 21.8 Å². The number of hydrogen-bond acceptors (Lipinski definition) is 7. The fraction of sp³-hybridized carbons (Fsp3) is 0.231.